The minimum absolute atomic E-state index is 0.276. The second kappa shape index (κ2) is 6.92. The van der Waals surface area contributed by atoms with Gasteiger partial charge in [-0.05, 0) is 48.5 Å². The van der Waals surface area contributed by atoms with E-state index in [0.717, 1.165) is 16.5 Å². The molecule has 132 valence electrons. The van der Waals surface area contributed by atoms with Gasteiger partial charge in [0, 0.05) is 17.6 Å². The molecule has 0 spiro atoms. The Morgan fingerprint density at radius 2 is 1.85 bits per heavy atom. The molecule has 27 heavy (non-hydrogen) atoms. The molecule has 4 rings (SSSR count). The van der Waals surface area contributed by atoms with Crippen molar-refractivity contribution >= 4 is 34.1 Å². The molecule has 0 N–H and O–H groups in total. The van der Waals surface area contributed by atoms with Crippen molar-refractivity contribution in [2.75, 3.05) is 0 Å². The summed E-state index contributed by atoms with van der Waals surface area (Å²) in [4.78, 5) is 4.28. The molecule has 0 amide bonds. The highest BCUT2D eigenvalue weighted by atomic mass is 35.5. The van der Waals surface area contributed by atoms with E-state index >= 15 is 0 Å². The molecule has 0 radical (unpaired) electrons. The number of aryl methyl sites for hydroxylation is 1. The molecular weight excluding hydrogens is 383 g/mol. The van der Waals surface area contributed by atoms with Crippen molar-refractivity contribution in [3.05, 3.63) is 70.5 Å². The standard InChI is InChI=1S/C20H12Cl2N4O/c1-26-20-16(11-24-26)19(7-6-17(20)22)27-15-4-2-12(3-5-15)18-9-13(21)8-14(10-23)25-18/h2-9,11H,1H3. The topological polar surface area (TPSA) is 63.7 Å². The first kappa shape index (κ1) is 17.3. The van der Waals surface area contributed by atoms with Gasteiger partial charge in [0.1, 0.15) is 23.3 Å². The van der Waals surface area contributed by atoms with Crippen LogP contribution in [0, 0.1) is 11.3 Å². The lowest BCUT2D eigenvalue weighted by Gasteiger charge is -2.09. The van der Waals surface area contributed by atoms with Crippen molar-refractivity contribution in [2.24, 2.45) is 7.05 Å². The highest BCUT2D eigenvalue weighted by Crippen LogP contribution is 2.34. The number of halogens is 2. The molecule has 2 aromatic heterocycles. The number of fused-ring (bicyclic) bond motifs is 1. The summed E-state index contributed by atoms with van der Waals surface area (Å²) in [5.74, 6) is 1.33. The van der Waals surface area contributed by atoms with Crippen molar-refractivity contribution in [2.45, 2.75) is 0 Å². The molecule has 0 fully saturated rings. The van der Waals surface area contributed by atoms with Crippen LogP contribution >= 0.6 is 23.2 Å². The third-order valence-electron chi connectivity index (χ3n) is 4.09. The predicted molar refractivity (Wildman–Crippen MR) is 105 cm³/mol. The maximum Gasteiger partial charge on any atom is 0.142 e. The Kier molecular flexibility index (Phi) is 4.44. The van der Waals surface area contributed by atoms with Crippen LogP contribution < -0.4 is 4.74 Å². The van der Waals surface area contributed by atoms with Gasteiger partial charge in [0.15, 0.2) is 0 Å². The van der Waals surface area contributed by atoms with E-state index in [1.165, 1.54) is 6.07 Å². The minimum atomic E-state index is 0.276. The largest absolute Gasteiger partial charge is 0.457 e. The van der Waals surface area contributed by atoms with E-state index in [1.807, 2.05) is 43.4 Å². The van der Waals surface area contributed by atoms with Crippen molar-refractivity contribution in [1.82, 2.24) is 14.8 Å². The molecule has 0 aliphatic carbocycles. The van der Waals surface area contributed by atoms with Crippen LogP contribution in [0.4, 0.5) is 0 Å². The number of hydrogen-bond donors (Lipinski definition) is 0. The summed E-state index contributed by atoms with van der Waals surface area (Å²) in [5.41, 5.74) is 2.56. The van der Waals surface area contributed by atoms with Crippen molar-refractivity contribution in [3.63, 3.8) is 0 Å². The number of hydrogen-bond acceptors (Lipinski definition) is 4. The SMILES string of the molecule is Cn1ncc2c(Oc3ccc(-c4cc(Cl)cc(C#N)n4)cc3)ccc(Cl)c21. The van der Waals surface area contributed by atoms with Gasteiger partial charge in [0.25, 0.3) is 0 Å². The second-order valence-corrected chi connectivity index (χ2v) is 6.71. The number of pyridine rings is 1. The third kappa shape index (κ3) is 3.33. The summed E-state index contributed by atoms with van der Waals surface area (Å²) in [6, 6.07) is 16.3. The average Bonchev–Trinajstić information content (AvgIpc) is 3.07. The van der Waals surface area contributed by atoms with E-state index in [0.29, 0.717) is 27.2 Å². The van der Waals surface area contributed by atoms with Gasteiger partial charge in [-0.25, -0.2) is 4.98 Å². The first-order valence-corrected chi connectivity index (χ1v) is 8.77. The van der Waals surface area contributed by atoms with Crippen LogP contribution in [0.1, 0.15) is 5.69 Å². The number of nitrogens with zero attached hydrogens (tertiary/aromatic N) is 4. The van der Waals surface area contributed by atoms with Gasteiger partial charge in [-0.1, -0.05) is 23.2 Å². The molecule has 2 heterocycles. The van der Waals surface area contributed by atoms with Crippen LogP contribution in [0.5, 0.6) is 11.5 Å². The van der Waals surface area contributed by atoms with E-state index in [-0.39, 0.29) is 5.69 Å². The molecule has 0 bridgehead atoms. The van der Waals surface area contributed by atoms with Crippen molar-refractivity contribution in [1.29, 1.82) is 5.26 Å². The van der Waals surface area contributed by atoms with E-state index in [1.54, 1.807) is 23.0 Å². The monoisotopic (exact) mass is 394 g/mol. The summed E-state index contributed by atoms with van der Waals surface area (Å²) >= 11 is 12.3. The zero-order valence-electron chi connectivity index (χ0n) is 14.1. The lowest BCUT2D eigenvalue weighted by atomic mass is 10.1. The summed E-state index contributed by atoms with van der Waals surface area (Å²) in [7, 11) is 1.83. The Balaban J connectivity index is 1.65. The van der Waals surface area contributed by atoms with Crippen LogP contribution in [0.3, 0.4) is 0 Å². The van der Waals surface area contributed by atoms with Gasteiger partial charge in [0.2, 0.25) is 0 Å². The summed E-state index contributed by atoms with van der Waals surface area (Å²) < 4.78 is 7.72. The third-order valence-corrected chi connectivity index (χ3v) is 4.62. The average molecular weight is 395 g/mol. The van der Waals surface area contributed by atoms with Crippen molar-refractivity contribution in [3.8, 4) is 28.8 Å². The minimum Gasteiger partial charge on any atom is -0.457 e. The number of rotatable bonds is 3. The Hall–Kier alpha value is -3.07. The highest BCUT2D eigenvalue weighted by molar-refractivity contribution is 6.35. The van der Waals surface area contributed by atoms with Crippen LogP contribution in [-0.4, -0.2) is 14.8 Å². The van der Waals surface area contributed by atoms with Crippen molar-refractivity contribution < 1.29 is 4.74 Å². The smallest absolute Gasteiger partial charge is 0.142 e. The molecule has 7 heteroatoms. The van der Waals surface area contributed by atoms with E-state index in [2.05, 4.69) is 10.1 Å². The van der Waals surface area contributed by atoms with Gasteiger partial charge < -0.3 is 4.74 Å². The van der Waals surface area contributed by atoms with Crippen LogP contribution in [0.25, 0.3) is 22.2 Å². The molecule has 2 aromatic carbocycles. The van der Waals surface area contributed by atoms with Crippen LogP contribution in [0.15, 0.2) is 54.7 Å². The first-order valence-electron chi connectivity index (χ1n) is 8.01. The number of nitriles is 1. The Bertz CT molecular complexity index is 1190. The van der Waals surface area contributed by atoms with Gasteiger partial charge in [-0.3, -0.25) is 4.68 Å². The molecule has 0 aliphatic rings. The fourth-order valence-corrected chi connectivity index (χ4v) is 3.32. The maximum atomic E-state index is 9.04. The Morgan fingerprint density at radius 3 is 2.59 bits per heavy atom. The zero-order valence-corrected chi connectivity index (χ0v) is 15.7. The molecule has 0 aliphatic heterocycles. The summed E-state index contributed by atoms with van der Waals surface area (Å²) in [6.07, 6.45) is 1.73. The predicted octanol–water partition coefficient (Wildman–Crippen LogP) is 5.61. The van der Waals surface area contributed by atoms with Gasteiger partial charge >= 0.3 is 0 Å². The number of aromatic nitrogens is 3. The summed E-state index contributed by atoms with van der Waals surface area (Å²) in [5, 5.41) is 15.2. The van der Waals surface area contributed by atoms with E-state index < -0.39 is 0 Å². The zero-order chi connectivity index (χ0) is 19.0. The van der Waals surface area contributed by atoms with E-state index in [4.69, 9.17) is 33.2 Å². The normalized spacial score (nSPS) is 10.7. The summed E-state index contributed by atoms with van der Waals surface area (Å²) in [6.45, 7) is 0. The first-order chi connectivity index (χ1) is 13.0. The molecule has 5 nitrogen and oxygen atoms in total. The Labute approximate surface area is 165 Å². The number of ether oxygens (including phenoxy) is 1. The maximum absolute atomic E-state index is 9.04. The highest BCUT2D eigenvalue weighted by Gasteiger charge is 2.11. The lowest BCUT2D eigenvalue weighted by Crippen LogP contribution is -1.91. The van der Waals surface area contributed by atoms with Crippen LogP contribution in [0.2, 0.25) is 10.0 Å². The molecular formula is C20H12Cl2N4O. The Morgan fingerprint density at radius 1 is 1.07 bits per heavy atom. The lowest BCUT2D eigenvalue weighted by molar-refractivity contribution is 0.488. The fourth-order valence-electron chi connectivity index (χ4n) is 2.83. The second-order valence-electron chi connectivity index (χ2n) is 5.87. The van der Waals surface area contributed by atoms with Gasteiger partial charge in [0.05, 0.1) is 27.8 Å². The molecule has 0 saturated heterocycles. The van der Waals surface area contributed by atoms with Crippen LogP contribution in [-0.2, 0) is 7.05 Å². The molecule has 0 unspecified atom stereocenters. The fraction of sp³-hybridized carbons (Fsp3) is 0.0500. The van der Waals surface area contributed by atoms with E-state index in [9.17, 15) is 0 Å². The molecule has 0 atom stereocenters. The quantitative estimate of drug-likeness (QED) is 0.453. The number of benzene rings is 2. The van der Waals surface area contributed by atoms with Gasteiger partial charge in [-0.2, -0.15) is 10.4 Å². The van der Waals surface area contributed by atoms with Gasteiger partial charge in [-0.15, -0.1) is 0 Å². The molecule has 4 aromatic rings. The molecule has 0 saturated carbocycles.